The Balaban J connectivity index is 1.50. The number of ether oxygens (including phenoxy) is 6. The molecule has 3 fully saturated rings. The normalized spacial score (nSPS) is 30.6. The van der Waals surface area contributed by atoms with Crippen molar-refractivity contribution in [1.29, 1.82) is 0 Å². The van der Waals surface area contributed by atoms with Crippen molar-refractivity contribution in [1.82, 2.24) is 5.32 Å². The smallest absolute Gasteiger partial charge is 0.220 e. The number of hydrogen-bond acceptors (Lipinski definition) is 18. The van der Waals surface area contributed by atoms with E-state index in [1.165, 1.54) is 122 Å². The molecule has 3 aliphatic heterocycles. The lowest BCUT2D eigenvalue weighted by Gasteiger charge is -2.48. The zero-order chi connectivity index (χ0) is 56.9. The number of allylic oxidation sites excluding steroid dienone is 3. The van der Waals surface area contributed by atoms with Crippen LogP contribution in [0.2, 0.25) is 0 Å². The average molecular weight is 1120 g/mol. The van der Waals surface area contributed by atoms with Crippen molar-refractivity contribution in [3.8, 4) is 0 Å². The maximum absolute atomic E-state index is 13.3. The summed E-state index contributed by atoms with van der Waals surface area (Å²) < 4.78 is 34.2. The first kappa shape index (κ1) is 70.5. The summed E-state index contributed by atoms with van der Waals surface area (Å²) in [6.45, 7) is 1.70. The molecule has 0 radical (unpaired) electrons. The molecule has 3 rings (SSSR count). The van der Waals surface area contributed by atoms with Crippen LogP contribution in [0.3, 0.4) is 0 Å². The molecular formula is C59H109NO18. The van der Waals surface area contributed by atoms with Crippen molar-refractivity contribution in [2.45, 2.75) is 317 Å². The standard InChI is InChI=1S/C59H109NO18/c1-3-5-7-9-11-13-15-17-18-19-20-21-22-23-25-26-28-30-32-34-36-43(64)42(60-47(65)37-35-33-31-29-27-24-16-14-12-10-8-6-4-2)41-73-57-53(71)50(68)55(45(39-62)75-57)78-59-54(72)51(69)56(46(40-63)76-59)77-58-52(70)49(67)48(66)44(38-61)74-58/h14,16,34,36,42-46,48-59,61-64,66-72H,3-13,15,17-33,35,37-41H2,1-2H3,(H,60,65)/b16-14-,36-34+. The van der Waals surface area contributed by atoms with Crippen LogP contribution in [0.4, 0.5) is 0 Å². The molecule has 3 aliphatic rings. The quantitative estimate of drug-likeness (QED) is 0.0263. The van der Waals surface area contributed by atoms with Gasteiger partial charge in [-0.1, -0.05) is 186 Å². The molecule has 12 N–H and O–H groups in total. The van der Waals surface area contributed by atoms with E-state index in [0.29, 0.717) is 6.42 Å². The highest BCUT2D eigenvalue weighted by molar-refractivity contribution is 5.76. The summed E-state index contributed by atoms with van der Waals surface area (Å²) in [6, 6.07) is -0.974. The second kappa shape index (κ2) is 43.0. The Morgan fingerprint density at radius 2 is 0.808 bits per heavy atom. The van der Waals surface area contributed by atoms with Gasteiger partial charge in [0.25, 0.3) is 0 Å². The Kier molecular flexibility index (Phi) is 38.9. The molecular weight excluding hydrogens is 1010 g/mol. The van der Waals surface area contributed by atoms with Crippen LogP contribution in [-0.2, 0) is 33.2 Å². The molecule has 0 aromatic heterocycles. The van der Waals surface area contributed by atoms with Gasteiger partial charge in [0.15, 0.2) is 18.9 Å². The number of nitrogens with one attached hydrogen (secondary N) is 1. The third-order valence-electron chi connectivity index (χ3n) is 15.5. The lowest BCUT2D eigenvalue weighted by atomic mass is 9.96. The second-order valence-corrected chi connectivity index (χ2v) is 22.2. The van der Waals surface area contributed by atoms with Crippen molar-refractivity contribution in [3.63, 3.8) is 0 Å². The summed E-state index contributed by atoms with van der Waals surface area (Å²) in [5, 5.41) is 120. The van der Waals surface area contributed by atoms with E-state index in [1.54, 1.807) is 6.08 Å². The van der Waals surface area contributed by atoms with E-state index in [4.69, 9.17) is 28.4 Å². The van der Waals surface area contributed by atoms with E-state index in [9.17, 15) is 61.0 Å². The van der Waals surface area contributed by atoms with E-state index in [0.717, 1.165) is 64.2 Å². The molecule has 17 atom stereocenters. The summed E-state index contributed by atoms with van der Waals surface area (Å²) >= 11 is 0. The second-order valence-electron chi connectivity index (χ2n) is 22.2. The maximum atomic E-state index is 13.3. The Morgan fingerprint density at radius 3 is 1.26 bits per heavy atom. The monoisotopic (exact) mass is 1120 g/mol. The first-order chi connectivity index (χ1) is 37.8. The number of hydrogen-bond donors (Lipinski definition) is 12. The predicted molar refractivity (Wildman–Crippen MR) is 296 cm³/mol. The molecule has 17 unspecified atom stereocenters. The molecule has 0 aromatic carbocycles. The molecule has 458 valence electrons. The van der Waals surface area contributed by atoms with Crippen LogP contribution in [-0.4, -0.2) is 193 Å². The number of aliphatic hydroxyl groups is 11. The number of rotatable bonds is 45. The van der Waals surface area contributed by atoms with Gasteiger partial charge in [-0.25, -0.2) is 0 Å². The lowest BCUT2D eigenvalue weighted by Crippen LogP contribution is -2.66. The fourth-order valence-electron chi connectivity index (χ4n) is 10.4. The van der Waals surface area contributed by atoms with Gasteiger partial charge in [-0.3, -0.25) is 4.79 Å². The number of aliphatic hydroxyl groups excluding tert-OH is 11. The minimum atomic E-state index is -1.98. The van der Waals surface area contributed by atoms with Crippen LogP contribution in [0, 0.1) is 0 Å². The minimum absolute atomic E-state index is 0.234. The van der Waals surface area contributed by atoms with E-state index < -0.39 is 124 Å². The highest BCUT2D eigenvalue weighted by atomic mass is 16.8. The zero-order valence-corrected chi connectivity index (χ0v) is 47.7. The van der Waals surface area contributed by atoms with Crippen LogP contribution < -0.4 is 5.32 Å². The van der Waals surface area contributed by atoms with E-state index in [-0.39, 0.29) is 18.9 Å². The van der Waals surface area contributed by atoms with Gasteiger partial charge >= 0.3 is 0 Å². The summed E-state index contributed by atoms with van der Waals surface area (Å²) in [5.41, 5.74) is 0. The molecule has 3 heterocycles. The fourth-order valence-corrected chi connectivity index (χ4v) is 10.4. The molecule has 78 heavy (non-hydrogen) atoms. The van der Waals surface area contributed by atoms with Gasteiger partial charge in [-0.05, 0) is 44.9 Å². The van der Waals surface area contributed by atoms with Gasteiger partial charge in [0.1, 0.15) is 73.2 Å². The largest absolute Gasteiger partial charge is 0.394 e. The third-order valence-corrected chi connectivity index (χ3v) is 15.5. The van der Waals surface area contributed by atoms with Crippen LogP contribution in [0.5, 0.6) is 0 Å². The maximum Gasteiger partial charge on any atom is 0.220 e. The van der Waals surface area contributed by atoms with Crippen molar-refractivity contribution < 1.29 is 89.4 Å². The van der Waals surface area contributed by atoms with E-state index >= 15 is 0 Å². The molecule has 0 aromatic rings. The van der Waals surface area contributed by atoms with Crippen LogP contribution >= 0.6 is 0 Å². The van der Waals surface area contributed by atoms with Crippen LogP contribution in [0.15, 0.2) is 24.3 Å². The highest BCUT2D eigenvalue weighted by Crippen LogP contribution is 2.33. The number of carbonyl (C=O) groups is 1. The van der Waals surface area contributed by atoms with Gasteiger partial charge < -0.3 is 89.9 Å². The van der Waals surface area contributed by atoms with Gasteiger partial charge in [0.2, 0.25) is 5.91 Å². The molecule has 0 aliphatic carbocycles. The first-order valence-corrected chi connectivity index (χ1v) is 30.6. The summed E-state index contributed by atoms with van der Waals surface area (Å²) in [4.78, 5) is 13.3. The SMILES string of the molecule is CCCCCC/C=C\CCCCCCCC(=O)NC(COC1OC(CO)C(OC2OC(CO)C(OC3OC(CO)C(O)C(O)C3O)C(O)C2O)C(O)C1O)C(O)/C=C/CCCCCCCCCCCCCCCCCCCC. The Labute approximate surface area is 467 Å². The number of unbranched alkanes of at least 4 members (excludes halogenated alkanes) is 27. The third kappa shape index (κ3) is 26.7. The number of amides is 1. The topological polar surface area (TPSA) is 307 Å². The van der Waals surface area contributed by atoms with Gasteiger partial charge in [-0.2, -0.15) is 0 Å². The molecule has 19 heteroatoms. The van der Waals surface area contributed by atoms with E-state index in [1.807, 2.05) is 6.08 Å². The van der Waals surface area contributed by atoms with Crippen molar-refractivity contribution in [2.75, 3.05) is 26.4 Å². The van der Waals surface area contributed by atoms with Crippen LogP contribution in [0.1, 0.15) is 213 Å². The Morgan fingerprint density at radius 1 is 0.449 bits per heavy atom. The van der Waals surface area contributed by atoms with Crippen molar-refractivity contribution >= 4 is 5.91 Å². The van der Waals surface area contributed by atoms with Crippen molar-refractivity contribution in [2.24, 2.45) is 0 Å². The number of carbonyl (C=O) groups excluding carboxylic acids is 1. The molecule has 0 saturated carbocycles. The molecule has 19 nitrogen and oxygen atoms in total. The Hall–Kier alpha value is -1.73. The molecule has 3 saturated heterocycles. The average Bonchev–Trinajstić information content (AvgIpc) is 3.43. The van der Waals surface area contributed by atoms with Gasteiger partial charge in [-0.15, -0.1) is 0 Å². The predicted octanol–water partition coefficient (Wildman–Crippen LogP) is 5.54. The lowest BCUT2D eigenvalue weighted by molar-refractivity contribution is -0.379. The molecule has 0 spiro atoms. The summed E-state index contributed by atoms with van der Waals surface area (Å²) in [6.07, 6.45) is 17.3. The van der Waals surface area contributed by atoms with Gasteiger partial charge in [0, 0.05) is 6.42 Å². The first-order valence-electron chi connectivity index (χ1n) is 30.6. The molecule has 0 bridgehead atoms. The summed E-state index contributed by atoms with van der Waals surface area (Å²) in [7, 11) is 0. The zero-order valence-electron chi connectivity index (χ0n) is 47.7. The van der Waals surface area contributed by atoms with E-state index in [2.05, 4.69) is 31.3 Å². The minimum Gasteiger partial charge on any atom is -0.394 e. The fraction of sp³-hybridized carbons (Fsp3) is 0.915. The van der Waals surface area contributed by atoms with Gasteiger partial charge in [0.05, 0.1) is 38.6 Å². The highest BCUT2D eigenvalue weighted by Gasteiger charge is 2.53. The van der Waals surface area contributed by atoms with Crippen LogP contribution in [0.25, 0.3) is 0 Å². The summed E-state index contributed by atoms with van der Waals surface area (Å²) in [5.74, 6) is -0.285. The Bertz CT molecular complexity index is 1530. The van der Waals surface area contributed by atoms with Crippen molar-refractivity contribution in [3.05, 3.63) is 24.3 Å². The molecule has 1 amide bonds.